The molecule has 0 bridgehead atoms. The number of hydrogen-bond acceptors (Lipinski definition) is 5. The molecule has 1 heterocycles. The van der Waals surface area contributed by atoms with Crippen LogP contribution < -0.4 is 5.32 Å². The minimum Gasteiger partial charge on any atom is -0.467 e. The Morgan fingerprint density at radius 2 is 1.95 bits per heavy atom. The summed E-state index contributed by atoms with van der Waals surface area (Å²) < 4.78 is 4.80. The molecule has 0 saturated heterocycles. The first-order valence-corrected chi connectivity index (χ1v) is 6.45. The Bertz CT molecular complexity index is 608. The highest BCUT2D eigenvalue weighted by Crippen LogP contribution is 2.26. The third-order valence-electron chi connectivity index (χ3n) is 2.59. The number of methoxy groups -OCH3 is 1. The molecule has 1 aromatic heterocycles. The monoisotopic (exact) mass is 311 g/mol. The van der Waals surface area contributed by atoms with Gasteiger partial charge in [0.1, 0.15) is 0 Å². The number of carbonyl (C=O) groups excluding carboxylic acids is 1. The highest BCUT2D eigenvalue weighted by molar-refractivity contribution is 6.33. The largest absolute Gasteiger partial charge is 0.467 e. The number of rotatable bonds is 4. The molecule has 2 aromatic rings. The SMILES string of the molecule is COC(=O)C(Nc1cc(Cl)nnc1Cl)c1ccccc1. The topological polar surface area (TPSA) is 64.1 Å². The van der Waals surface area contributed by atoms with E-state index in [4.69, 9.17) is 27.9 Å². The number of nitrogens with zero attached hydrogens (tertiary/aromatic N) is 2. The maximum absolute atomic E-state index is 11.9. The summed E-state index contributed by atoms with van der Waals surface area (Å²) in [5.74, 6) is -0.444. The molecule has 0 radical (unpaired) electrons. The Labute approximate surface area is 125 Å². The van der Waals surface area contributed by atoms with Gasteiger partial charge in [0.15, 0.2) is 16.3 Å². The van der Waals surface area contributed by atoms with Crippen molar-refractivity contribution < 1.29 is 9.53 Å². The van der Waals surface area contributed by atoms with E-state index in [0.29, 0.717) is 5.69 Å². The lowest BCUT2D eigenvalue weighted by atomic mass is 10.1. The van der Waals surface area contributed by atoms with Crippen LogP contribution in [0.2, 0.25) is 10.3 Å². The highest BCUT2D eigenvalue weighted by atomic mass is 35.5. The van der Waals surface area contributed by atoms with Gasteiger partial charge in [-0.1, -0.05) is 53.5 Å². The molecule has 104 valence electrons. The second-order valence-corrected chi connectivity index (χ2v) is 4.63. The normalized spacial score (nSPS) is 11.8. The molecule has 2 rings (SSSR count). The molecule has 1 atom stereocenters. The summed E-state index contributed by atoms with van der Waals surface area (Å²) in [6, 6.07) is 9.90. The molecule has 0 fully saturated rings. The summed E-state index contributed by atoms with van der Waals surface area (Å²) in [4.78, 5) is 11.9. The molecule has 0 amide bonds. The number of esters is 1. The van der Waals surface area contributed by atoms with E-state index >= 15 is 0 Å². The maximum Gasteiger partial charge on any atom is 0.332 e. The summed E-state index contributed by atoms with van der Waals surface area (Å²) >= 11 is 11.7. The number of benzene rings is 1. The fraction of sp³-hybridized carbons (Fsp3) is 0.154. The van der Waals surface area contributed by atoms with Crippen LogP contribution in [-0.2, 0) is 9.53 Å². The second kappa shape index (κ2) is 6.54. The van der Waals surface area contributed by atoms with Gasteiger partial charge in [0, 0.05) is 6.07 Å². The van der Waals surface area contributed by atoms with Gasteiger partial charge in [0.2, 0.25) is 0 Å². The third kappa shape index (κ3) is 3.37. The van der Waals surface area contributed by atoms with Gasteiger partial charge in [-0.3, -0.25) is 0 Å². The van der Waals surface area contributed by atoms with Crippen molar-refractivity contribution in [2.24, 2.45) is 0 Å². The molecule has 0 aliphatic rings. The minimum atomic E-state index is -0.709. The summed E-state index contributed by atoms with van der Waals surface area (Å²) in [5.41, 5.74) is 1.15. The van der Waals surface area contributed by atoms with Gasteiger partial charge < -0.3 is 10.1 Å². The van der Waals surface area contributed by atoms with Crippen molar-refractivity contribution in [3.05, 3.63) is 52.3 Å². The molecule has 0 aliphatic carbocycles. The lowest BCUT2D eigenvalue weighted by Gasteiger charge is -2.18. The molecular formula is C13H11Cl2N3O2. The van der Waals surface area contributed by atoms with Gasteiger partial charge in [-0.2, -0.15) is 0 Å². The zero-order chi connectivity index (χ0) is 14.5. The van der Waals surface area contributed by atoms with E-state index in [1.165, 1.54) is 13.2 Å². The smallest absolute Gasteiger partial charge is 0.332 e. The average Bonchev–Trinajstić information content (AvgIpc) is 2.48. The number of aromatic nitrogens is 2. The van der Waals surface area contributed by atoms with E-state index in [1.807, 2.05) is 18.2 Å². The number of nitrogens with one attached hydrogen (secondary N) is 1. The lowest BCUT2D eigenvalue weighted by molar-refractivity contribution is -0.141. The Morgan fingerprint density at radius 3 is 2.60 bits per heavy atom. The van der Waals surface area contributed by atoms with Crippen molar-refractivity contribution in [1.29, 1.82) is 0 Å². The fourth-order valence-corrected chi connectivity index (χ4v) is 1.95. The van der Waals surface area contributed by atoms with E-state index in [2.05, 4.69) is 15.5 Å². The van der Waals surface area contributed by atoms with E-state index in [9.17, 15) is 4.79 Å². The van der Waals surface area contributed by atoms with Crippen molar-refractivity contribution in [2.45, 2.75) is 6.04 Å². The summed E-state index contributed by atoms with van der Waals surface area (Å²) in [7, 11) is 1.32. The van der Waals surface area contributed by atoms with Gasteiger partial charge in [-0.25, -0.2) is 4.79 Å². The van der Waals surface area contributed by atoms with Gasteiger partial charge in [0.25, 0.3) is 0 Å². The molecule has 5 nitrogen and oxygen atoms in total. The molecule has 0 saturated carbocycles. The van der Waals surface area contributed by atoms with Gasteiger partial charge in [0.05, 0.1) is 12.8 Å². The van der Waals surface area contributed by atoms with Crippen molar-refractivity contribution in [3.8, 4) is 0 Å². The highest BCUT2D eigenvalue weighted by Gasteiger charge is 2.22. The number of ether oxygens (including phenoxy) is 1. The third-order valence-corrected chi connectivity index (χ3v) is 3.05. The van der Waals surface area contributed by atoms with Crippen LogP contribution >= 0.6 is 23.2 Å². The fourth-order valence-electron chi connectivity index (χ4n) is 1.65. The number of carbonyl (C=O) groups is 1. The van der Waals surface area contributed by atoms with Crippen LogP contribution in [0.15, 0.2) is 36.4 Å². The molecule has 1 unspecified atom stereocenters. The predicted octanol–water partition coefficient (Wildman–Crippen LogP) is 3.11. The van der Waals surface area contributed by atoms with E-state index < -0.39 is 12.0 Å². The average molecular weight is 312 g/mol. The first-order valence-electron chi connectivity index (χ1n) is 5.70. The first-order chi connectivity index (χ1) is 9.61. The Kier molecular flexibility index (Phi) is 4.76. The van der Waals surface area contributed by atoms with E-state index in [-0.39, 0.29) is 10.3 Å². The standard InChI is InChI=1S/C13H11Cl2N3O2/c1-20-13(19)11(8-5-3-2-4-6-8)16-9-7-10(14)17-18-12(9)15/h2-7,11H,1H3,(H,16,17). The number of hydrogen-bond donors (Lipinski definition) is 1. The van der Waals surface area contributed by atoms with Crippen LogP contribution in [0.25, 0.3) is 0 Å². The number of anilines is 1. The second-order valence-electron chi connectivity index (χ2n) is 3.88. The van der Waals surface area contributed by atoms with Crippen molar-refractivity contribution in [3.63, 3.8) is 0 Å². The molecule has 0 aliphatic heterocycles. The predicted molar refractivity (Wildman–Crippen MR) is 76.9 cm³/mol. The molecule has 0 spiro atoms. The summed E-state index contributed by atoms with van der Waals surface area (Å²) in [5, 5.41) is 10.6. The zero-order valence-corrected chi connectivity index (χ0v) is 12.0. The molecule has 1 aromatic carbocycles. The molecular weight excluding hydrogens is 301 g/mol. The maximum atomic E-state index is 11.9. The van der Waals surface area contributed by atoms with Crippen LogP contribution in [0, 0.1) is 0 Å². The van der Waals surface area contributed by atoms with Gasteiger partial charge in [-0.15, -0.1) is 10.2 Å². The molecule has 1 N–H and O–H groups in total. The zero-order valence-electron chi connectivity index (χ0n) is 10.5. The van der Waals surface area contributed by atoms with Crippen molar-refractivity contribution >= 4 is 34.9 Å². The molecule has 20 heavy (non-hydrogen) atoms. The Hall–Kier alpha value is -1.85. The molecule has 7 heteroatoms. The lowest BCUT2D eigenvalue weighted by Crippen LogP contribution is -2.22. The Balaban J connectivity index is 2.34. The van der Waals surface area contributed by atoms with Crippen LogP contribution in [0.3, 0.4) is 0 Å². The number of halogens is 2. The Morgan fingerprint density at radius 1 is 1.25 bits per heavy atom. The van der Waals surface area contributed by atoms with Crippen molar-refractivity contribution in [2.75, 3.05) is 12.4 Å². The van der Waals surface area contributed by atoms with Crippen LogP contribution in [0.1, 0.15) is 11.6 Å². The van der Waals surface area contributed by atoms with Gasteiger partial charge in [-0.05, 0) is 5.56 Å². The first kappa shape index (κ1) is 14.6. The van der Waals surface area contributed by atoms with Crippen LogP contribution in [0.5, 0.6) is 0 Å². The minimum absolute atomic E-state index is 0.124. The quantitative estimate of drug-likeness (QED) is 0.879. The van der Waals surface area contributed by atoms with Crippen LogP contribution in [0.4, 0.5) is 5.69 Å². The summed E-state index contributed by atoms with van der Waals surface area (Å²) in [6.45, 7) is 0. The summed E-state index contributed by atoms with van der Waals surface area (Å²) in [6.07, 6.45) is 0. The van der Waals surface area contributed by atoms with Crippen LogP contribution in [-0.4, -0.2) is 23.3 Å². The van der Waals surface area contributed by atoms with Crippen molar-refractivity contribution in [1.82, 2.24) is 10.2 Å². The van der Waals surface area contributed by atoms with E-state index in [1.54, 1.807) is 12.1 Å². The van der Waals surface area contributed by atoms with E-state index in [0.717, 1.165) is 5.56 Å². The van der Waals surface area contributed by atoms with Gasteiger partial charge >= 0.3 is 5.97 Å².